The van der Waals surface area contributed by atoms with E-state index in [-0.39, 0.29) is 0 Å². The van der Waals surface area contributed by atoms with Crippen molar-refractivity contribution in [2.75, 3.05) is 25.5 Å². The van der Waals surface area contributed by atoms with Crippen LogP contribution in [0.15, 0.2) is 30.5 Å². The van der Waals surface area contributed by atoms with Gasteiger partial charge >= 0.3 is 6.09 Å². The van der Waals surface area contributed by atoms with Crippen LogP contribution in [0.1, 0.15) is 20.8 Å². The standard InChI is InChI=1S/C17H23N3O3/c1-17(2,3)23-16(21)20-11-10-19-15-13-6-5-7-14(22-4)12(13)8-9-18-15/h5-9H,10-11H2,1-4H3,(H,18,19)(H,20,21). The number of hydrogen-bond acceptors (Lipinski definition) is 5. The number of pyridine rings is 1. The van der Waals surface area contributed by atoms with Gasteiger partial charge in [-0.2, -0.15) is 0 Å². The predicted octanol–water partition coefficient (Wildman–Crippen LogP) is 3.18. The monoisotopic (exact) mass is 317 g/mol. The number of hydrogen-bond donors (Lipinski definition) is 2. The molecule has 124 valence electrons. The van der Waals surface area contributed by atoms with Crippen molar-refractivity contribution in [1.82, 2.24) is 10.3 Å². The Morgan fingerprint density at radius 2 is 1.96 bits per heavy atom. The molecule has 0 unspecified atom stereocenters. The molecule has 0 spiro atoms. The highest BCUT2D eigenvalue weighted by atomic mass is 16.6. The lowest BCUT2D eigenvalue weighted by atomic mass is 10.1. The molecule has 0 aliphatic carbocycles. The second-order valence-corrected chi connectivity index (χ2v) is 6.07. The van der Waals surface area contributed by atoms with Crippen molar-refractivity contribution < 1.29 is 14.3 Å². The number of fused-ring (bicyclic) bond motifs is 1. The maximum Gasteiger partial charge on any atom is 0.407 e. The van der Waals surface area contributed by atoms with Gasteiger partial charge in [0.25, 0.3) is 0 Å². The first-order valence-corrected chi connectivity index (χ1v) is 7.53. The van der Waals surface area contributed by atoms with Gasteiger partial charge in [-0.15, -0.1) is 0 Å². The maximum atomic E-state index is 11.6. The molecule has 0 bridgehead atoms. The predicted molar refractivity (Wildman–Crippen MR) is 91.0 cm³/mol. The summed E-state index contributed by atoms with van der Waals surface area (Å²) in [6.07, 6.45) is 1.31. The van der Waals surface area contributed by atoms with Gasteiger partial charge < -0.3 is 20.1 Å². The number of nitrogens with zero attached hydrogens (tertiary/aromatic N) is 1. The summed E-state index contributed by atoms with van der Waals surface area (Å²) in [5.74, 6) is 1.56. The van der Waals surface area contributed by atoms with Crippen LogP contribution in [0.5, 0.6) is 5.75 Å². The summed E-state index contributed by atoms with van der Waals surface area (Å²) in [5.41, 5.74) is -0.495. The number of benzene rings is 1. The van der Waals surface area contributed by atoms with E-state index >= 15 is 0 Å². The van der Waals surface area contributed by atoms with E-state index in [1.165, 1.54) is 0 Å². The third kappa shape index (κ3) is 4.74. The van der Waals surface area contributed by atoms with Crippen LogP contribution in [-0.2, 0) is 4.74 Å². The number of aromatic nitrogens is 1. The summed E-state index contributed by atoms with van der Waals surface area (Å²) in [7, 11) is 1.65. The fourth-order valence-corrected chi connectivity index (χ4v) is 2.16. The van der Waals surface area contributed by atoms with Crippen molar-refractivity contribution in [3.05, 3.63) is 30.5 Å². The number of rotatable bonds is 5. The summed E-state index contributed by atoms with van der Waals surface area (Å²) >= 11 is 0. The zero-order chi connectivity index (χ0) is 16.9. The number of methoxy groups -OCH3 is 1. The summed E-state index contributed by atoms with van der Waals surface area (Å²) in [6.45, 7) is 6.48. The summed E-state index contributed by atoms with van der Waals surface area (Å²) in [4.78, 5) is 15.9. The van der Waals surface area contributed by atoms with Gasteiger partial charge in [0.1, 0.15) is 17.2 Å². The maximum absolute atomic E-state index is 11.6. The molecule has 2 rings (SSSR count). The molecule has 0 fully saturated rings. The lowest BCUT2D eigenvalue weighted by Gasteiger charge is -2.19. The Bertz CT molecular complexity index is 680. The molecule has 2 N–H and O–H groups in total. The van der Waals surface area contributed by atoms with E-state index in [0.717, 1.165) is 22.3 Å². The molecule has 1 aromatic heterocycles. The van der Waals surface area contributed by atoms with Gasteiger partial charge in [0.05, 0.1) is 7.11 Å². The Hall–Kier alpha value is -2.50. The van der Waals surface area contributed by atoms with Gasteiger partial charge in [-0.3, -0.25) is 0 Å². The SMILES string of the molecule is COc1cccc2c(NCCNC(=O)OC(C)(C)C)nccc12. The summed E-state index contributed by atoms with van der Waals surface area (Å²) < 4.78 is 10.5. The number of alkyl carbamates (subject to hydrolysis) is 1. The molecule has 0 aliphatic rings. The first-order chi connectivity index (χ1) is 10.9. The van der Waals surface area contributed by atoms with Crippen LogP contribution in [0.2, 0.25) is 0 Å². The van der Waals surface area contributed by atoms with Gasteiger partial charge in [0.2, 0.25) is 0 Å². The molecular formula is C17H23N3O3. The second kappa shape index (κ2) is 7.17. The zero-order valence-corrected chi connectivity index (χ0v) is 14.0. The van der Waals surface area contributed by atoms with Gasteiger partial charge in [-0.05, 0) is 32.9 Å². The van der Waals surface area contributed by atoms with Gasteiger partial charge in [0, 0.05) is 30.1 Å². The fourth-order valence-electron chi connectivity index (χ4n) is 2.16. The lowest BCUT2D eigenvalue weighted by molar-refractivity contribution is 0.0530. The number of anilines is 1. The van der Waals surface area contributed by atoms with Crippen molar-refractivity contribution in [3.8, 4) is 5.75 Å². The molecule has 2 aromatic rings. The molecule has 0 radical (unpaired) electrons. The third-order valence-corrected chi connectivity index (χ3v) is 3.07. The molecule has 0 saturated heterocycles. The van der Waals surface area contributed by atoms with Crippen LogP contribution in [-0.4, -0.2) is 36.9 Å². The van der Waals surface area contributed by atoms with E-state index in [2.05, 4.69) is 15.6 Å². The number of ether oxygens (including phenoxy) is 2. The third-order valence-electron chi connectivity index (χ3n) is 3.07. The van der Waals surface area contributed by atoms with E-state index < -0.39 is 11.7 Å². The molecule has 6 nitrogen and oxygen atoms in total. The van der Waals surface area contributed by atoms with Gasteiger partial charge in [-0.25, -0.2) is 9.78 Å². The Morgan fingerprint density at radius 3 is 2.65 bits per heavy atom. The Balaban J connectivity index is 1.94. The number of amides is 1. The molecule has 23 heavy (non-hydrogen) atoms. The number of carbonyl (C=O) groups is 1. The van der Waals surface area contributed by atoms with Crippen LogP contribution < -0.4 is 15.4 Å². The molecule has 1 amide bonds. The molecule has 1 heterocycles. The molecule has 0 aliphatic heterocycles. The van der Waals surface area contributed by atoms with Crippen LogP contribution in [0.4, 0.5) is 10.6 Å². The topological polar surface area (TPSA) is 72.5 Å². The quantitative estimate of drug-likeness (QED) is 0.829. The Labute approximate surface area is 136 Å². The molecule has 1 aromatic carbocycles. The van der Waals surface area contributed by atoms with Crippen LogP contribution >= 0.6 is 0 Å². The smallest absolute Gasteiger partial charge is 0.407 e. The zero-order valence-electron chi connectivity index (χ0n) is 14.0. The second-order valence-electron chi connectivity index (χ2n) is 6.07. The van der Waals surface area contributed by atoms with Crippen molar-refractivity contribution >= 4 is 22.7 Å². The summed E-state index contributed by atoms with van der Waals surface area (Å²) in [5, 5.41) is 7.89. The first-order valence-electron chi connectivity index (χ1n) is 7.53. The molecule has 0 saturated carbocycles. The van der Waals surface area contributed by atoms with Crippen LogP contribution in [0, 0.1) is 0 Å². The average molecular weight is 317 g/mol. The van der Waals surface area contributed by atoms with Gasteiger partial charge in [0.15, 0.2) is 0 Å². The average Bonchev–Trinajstić information content (AvgIpc) is 2.49. The van der Waals surface area contributed by atoms with Crippen LogP contribution in [0.25, 0.3) is 10.8 Å². The van der Waals surface area contributed by atoms with Crippen molar-refractivity contribution in [2.24, 2.45) is 0 Å². The number of nitrogens with one attached hydrogen (secondary N) is 2. The van der Waals surface area contributed by atoms with Crippen molar-refractivity contribution in [2.45, 2.75) is 26.4 Å². The minimum Gasteiger partial charge on any atom is -0.496 e. The van der Waals surface area contributed by atoms with Crippen LogP contribution in [0.3, 0.4) is 0 Å². The van der Waals surface area contributed by atoms with Gasteiger partial charge in [-0.1, -0.05) is 12.1 Å². The van der Waals surface area contributed by atoms with Crippen molar-refractivity contribution in [3.63, 3.8) is 0 Å². The number of carbonyl (C=O) groups excluding carboxylic acids is 1. The Kier molecular flexibility index (Phi) is 5.26. The van der Waals surface area contributed by atoms with E-state index in [1.807, 2.05) is 45.0 Å². The van der Waals surface area contributed by atoms with E-state index in [4.69, 9.17) is 9.47 Å². The largest absolute Gasteiger partial charge is 0.496 e. The summed E-state index contributed by atoms with van der Waals surface area (Å²) in [6, 6.07) is 7.73. The Morgan fingerprint density at radius 1 is 1.17 bits per heavy atom. The normalized spacial score (nSPS) is 11.1. The molecule has 6 heteroatoms. The van der Waals surface area contributed by atoms with E-state index in [9.17, 15) is 4.79 Å². The highest BCUT2D eigenvalue weighted by Crippen LogP contribution is 2.28. The fraction of sp³-hybridized carbons (Fsp3) is 0.412. The van der Waals surface area contributed by atoms with E-state index in [0.29, 0.717) is 13.1 Å². The molecular weight excluding hydrogens is 294 g/mol. The molecule has 0 atom stereocenters. The highest BCUT2D eigenvalue weighted by Gasteiger charge is 2.15. The lowest BCUT2D eigenvalue weighted by Crippen LogP contribution is -2.35. The van der Waals surface area contributed by atoms with Crippen molar-refractivity contribution in [1.29, 1.82) is 0 Å². The van der Waals surface area contributed by atoms with E-state index in [1.54, 1.807) is 13.3 Å². The highest BCUT2D eigenvalue weighted by molar-refractivity contribution is 5.95. The first kappa shape index (κ1) is 16.9. The minimum atomic E-state index is -0.495. The minimum absolute atomic E-state index is 0.424.